The summed E-state index contributed by atoms with van der Waals surface area (Å²) in [5.41, 5.74) is 0.351. The molecule has 0 atom stereocenters. The molecule has 0 unspecified atom stereocenters. The molecule has 0 saturated carbocycles. The lowest BCUT2D eigenvalue weighted by atomic mass is 10.1. The summed E-state index contributed by atoms with van der Waals surface area (Å²) in [6.45, 7) is 1.10. The Morgan fingerprint density at radius 3 is 2.57 bits per heavy atom. The van der Waals surface area contributed by atoms with Crippen LogP contribution in [0.2, 0.25) is 0 Å². The van der Waals surface area contributed by atoms with Gasteiger partial charge >= 0.3 is 6.18 Å². The Kier molecular flexibility index (Phi) is 5.45. The molecule has 1 fully saturated rings. The molecule has 1 aliphatic rings. The molecule has 10 heteroatoms. The summed E-state index contributed by atoms with van der Waals surface area (Å²) < 4.78 is 61.8. The number of piperidine rings is 1. The molecule has 2 heterocycles. The zero-order chi connectivity index (χ0) is 17.1. The zero-order valence-corrected chi connectivity index (χ0v) is 13.5. The van der Waals surface area contributed by atoms with Crippen molar-refractivity contribution in [2.75, 3.05) is 24.2 Å². The Bertz CT molecular complexity index is 628. The summed E-state index contributed by atoms with van der Waals surface area (Å²) in [6, 6.07) is 1.35. The molecule has 1 aromatic heterocycles. The van der Waals surface area contributed by atoms with Crippen molar-refractivity contribution in [3.8, 4) is 0 Å². The number of aryl methyl sites for hydroxylation is 1. The van der Waals surface area contributed by atoms with Crippen LogP contribution in [0.4, 0.5) is 19.1 Å². The van der Waals surface area contributed by atoms with E-state index in [0.717, 1.165) is 6.26 Å². The van der Waals surface area contributed by atoms with Crippen LogP contribution in [0.15, 0.2) is 12.3 Å². The van der Waals surface area contributed by atoms with Crippen LogP contribution < -0.4 is 9.62 Å². The first-order valence-electron chi connectivity index (χ1n) is 7.23. The van der Waals surface area contributed by atoms with Crippen molar-refractivity contribution in [1.29, 1.82) is 0 Å². The molecule has 1 aliphatic heterocycles. The van der Waals surface area contributed by atoms with Gasteiger partial charge in [-0.3, -0.25) is 0 Å². The number of hydrogen-bond acceptors (Lipinski definition) is 5. The first-order valence-corrected chi connectivity index (χ1v) is 9.12. The standard InChI is InChI=1S/C13H19F3N4O2S/c1-23(21,22)19-11-4-8-20(9-5-11)12-17-7-3-10(18-12)2-6-13(14,15)16/h3,7,11,19H,2,4-6,8-9H2,1H3. The van der Waals surface area contributed by atoms with Gasteiger partial charge in [-0.1, -0.05) is 0 Å². The summed E-state index contributed by atoms with van der Waals surface area (Å²) in [4.78, 5) is 10.1. The molecule has 6 nitrogen and oxygen atoms in total. The third-order valence-electron chi connectivity index (χ3n) is 3.52. The van der Waals surface area contributed by atoms with Crippen molar-refractivity contribution >= 4 is 16.0 Å². The van der Waals surface area contributed by atoms with Gasteiger partial charge in [0.2, 0.25) is 16.0 Å². The van der Waals surface area contributed by atoms with Crippen molar-refractivity contribution in [2.45, 2.75) is 37.9 Å². The molecule has 23 heavy (non-hydrogen) atoms. The van der Waals surface area contributed by atoms with Crippen LogP contribution in [0, 0.1) is 0 Å². The summed E-state index contributed by atoms with van der Waals surface area (Å²) in [6.07, 6.45) is -1.52. The van der Waals surface area contributed by atoms with E-state index in [1.807, 2.05) is 4.90 Å². The second-order valence-corrected chi connectivity index (χ2v) is 7.39. The van der Waals surface area contributed by atoms with Crippen LogP contribution >= 0.6 is 0 Å². The fraction of sp³-hybridized carbons (Fsp3) is 0.692. The summed E-state index contributed by atoms with van der Waals surface area (Å²) in [5, 5.41) is 0. The molecule has 0 radical (unpaired) electrons. The zero-order valence-electron chi connectivity index (χ0n) is 12.7. The number of nitrogens with one attached hydrogen (secondary N) is 1. The maximum Gasteiger partial charge on any atom is 0.389 e. The number of hydrogen-bond donors (Lipinski definition) is 1. The van der Waals surface area contributed by atoms with E-state index in [2.05, 4.69) is 14.7 Å². The molecule has 0 aromatic carbocycles. The van der Waals surface area contributed by atoms with Gasteiger partial charge in [-0.05, 0) is 25.3 Å². The van der Waals surface area contributed by atoms with E-state index in [1.165, 1.54) is 12.3 Å². The highest BCUT2D eigenvalue weighted by molar-refractivity contribution is 7.88. The monoisotopic (exact) mass is 352 g/mol. The van der Waals surface area contributed by atoms with E-state index < -0.39 is 22.6 Å². The van der Waals surface area contributed by atoms with Crippen LogP contribution in [0.1, 0.15) is 25.0 Å². The maximum atomic E-state index is 12.3. The molecule has 0 amide bonds. The second-order valence-electron chi connectivity index (χ2n) is 5.61. The van der Waals surface area contributed by atoms with Gasteiger partial charge < -0.3 is 4.90 Å². The average molecular weight is 352 g/mol. The fourth-order valence-electron chi connectivity index (χ4n) is 2.45. The topological polar surface area (TPSA) is 75.2 Å². The highest BCUT2D eigenvalue weighted by Gasteiger charge is 2.27. The number of nitrogens with zero attached hydrogens (tertiary/aromatic N) is 3. The quantitative estimate of drug-likeness (QED) is 0.869. The van der Waals surface area contributed by atoms with E-state index >= 15 is 0 Å². The first-order chi connectivity index (χ1) is 10.6. The van der Waals surface area contributed by atoms with Crippen molar-refractivity contribution in [3.63, 3.8) is 0 Å². The molecule has 1 N–H and O–H groups in total. The number of rotatable bonds is 5. The minimum Gasteiger partial charge on any atom is -0.341 e. The van der Waals surface area contributed by atoms with Gasteiger partial charge in [0.05, 0.1) is 6.26 Å². The minimum absolute atomic E-state index is 0.130. The minimum atomic E-state index is -4.21. The Morgan fingerprint density at radius 1 is 1.35 bits per heavy atom. The highest BCUT2D eigenvalue weighted by atomic mass is 32.2. The number of aromatic nitrogens is 2. The Labute approximate surface area is 133 Å². The smallest absolute Gasteiger partial charge is 0.341 e. The fourth-order valence-corrected chi connectivity index (χ4v) is 3.29. The van der Waals surface area contributed by atoms with Crippen LogP contribution in [0.5, 0.6) is 0 Å². The largest absolute Gasteiger partial charge is 0.389 e. The number of alkyl halides is 3. The molecule has 1 aromatic rings. The van der Waals surface area contributed by atoms with Gasteiger partial charge in [-0.2, -0.15) is 13.2 Å². The molecule has 0 aliphatic carbocycles. The van der Waals surface area contributed by atoms with E-state index in [1.54, 1.807) is 0 Å². The van der Waals surface area contributed by atoms with Crippen LogP contribution in [0.25, 0.3) is 0 Å². The SMILES string of the molecule is CS(=O)(=O)NC1CCN(c2nccc(CCC(F)(F)F)n2)CC1. The third-order valence-corrected chi connectivity index (χ3v) is 4.29. The molecule has 2 rings (SSSR count). The Morgan fingerprint density at radius 2 is 2.00 bits per heavy atom. The molecule has 130 valence electrons. The number of anilines is 1. The summed E-state index contributed by atoms with van der Waals surface area (Å²) in [7, 11) is -3.24. The van der Waals surface area contributed by atoms with Crippen LogP contribution in [-0.2, 0) is 16.4 Å². The van der Waals surface area contributed by atoms with Crippen molar-refractivity contribution in [1.82, 2.24) is 14.7 Å². The van der Waals surface area contributed by atoms with Gasteiger partial charge in [0.15, 0.2) is 0 Å². The molecular formula is C13H19F3N4O2S. The predicted octanol–water partition coefficient (Wildman–Crippen LogP) is 1.49. The lowest BCUT2D eigenvalue weighted by molar-refractivity contribution is -0.134. The Balaban J connectivity index is 1.93. The lowest BCUT2D eigenvalue weighted by Crippen LogP contribution is -2.44. The van der Waals surface area contributed by atoms with Gasteiger partial charge in [-0.25, -0.2) is 23.1 Å². The van der Waals surface area contributed by atoms with Gasteiger partial charge in [0.1, 0.15) is 0 Å². The number of sulfonamides is 1. The van der Waals surface area contributed by atoms with E-state index in [-0.39, 0.29) is 12.5 Å². The van der Waals surface area contributed by atoms with Crippen molar-refractivity contribution in [3.05, 3.63) is 18.0 Å². The lowest BCUT2D eigenvalue weighted by Gasteiger charge is -2.32. The van der Waals surface area contributed by atoms with Crippen molar-refractivity contribution in [2.24, 2.45) is 0 Å². The van der Waals surface area contributed by atoms with Gasteiger partial charge in [0.25, 0.3) is 0 Å². The van der Waals surface area contributed by atoms with E-state index in [4.69, 9.17) is 0 Å². The maximum absolute atomic E-state index is 12.3. The number of halogens is 3. The van der Waals surface area contributed by atoms with E-state index in [0.29, 0.717) is 37.6 Å². The second kappa shape index (κ2) is 7.00. The highest BCUT2D eigenvalue weighted by Crippen LogP contribution is 2.22. The first kappa shape index (κ1) is 17.9. The van der Waals surface area contributed by atoms with E-state index in [9.17, 15) is 21.6 Å². The van der Waals surface area contributed by atoms with Crippen molar-refractivity contribution < 1.29 is 21.6 Å². The normalized spacial score (nSPS) is 17.5. The van der Waals surface area contributed by atoms with Gasteiger partial charge in [0, 0.05) is 37.4 Å². The van der Waals surface area contributed by atoms with Crippen LogP contribution in [-0.4, -0.2) is 49.9 Å². The third kappa shape index (κ3) is 6.30. The Hall–Kier alpha value is -1.42. The predicted molar refractivity (Wildman–Crippen MR) is 79.6 cm³/mol. The summed E-state index contributed by atoms with van der Waals surface area (Å²) >= 11 is 0. The molecule has 0 bridgehead atoms. The molecule has 0 spiro atoms. The molecule has 1 saturated heterocycles. The average Bonchev–Trinajstić information content (AvgIpc) is 2.44. The summed E-state index contributed by atoms with van der Waals surface area (Å²) in [5.74, 6) is 0.391. The van der Waals surface area contributed by atoms with Crippen LogP contribution in [0.3, 0.4) is 0 Å². The molecular weight excluding hydrogens is 333 g/mol. The van der Waals surface area contributed by atoms with Gasteiger partial charge in [-0.15, -0.1) is 0 Å².